The number of carbonyl (C=O) groups excluding carboxylic acids is 2. The third-order valence-corrected chi connectivity index (χ3v) is 5.39. The van der Waals surface area contributed by atoms with Gasteiger partial charge in [0.1, 0.15) is 12.4 Å². The summed E-state index contributed by atoms with van der Waals surface area (Å²) in [7, 11) is 1.57. The maximum Gasteiger partial charge on any atom is 0.306 e. The first-order valence-corrected chi connectivity index (χ1v) is 10.8. The Balaban J connectivity index is 1.63. The fourth-order valence-electron chi connectivity index (χ4n) is 3.39. The molecule has 0 aromatic heterocycles. The highest BCUT2D eigenvalue weighted by atomic mass is 16.5. The Kier molecular flexibility index (Phi) is 7.47. The standard InChI is InChI=1S/C28H30O4/c1-28(2,3)23-15-16-25(31-4)24(18-23)27(30)22-13-10-20(11-14-22)12-17-26(29)32-19-21-8-6-5-7-9-21/h5-11,13-16,18H,12,17,19H2,1-4H3. The van der Waals surface area contributed by atoms with Crippen LogP contribution in [-0.2, 0) is 28.0 Å². The number of benzene rings is 3. The highest BCUT2D eigenvalue weighted by Crippen LogP contribution is 2.29. The van der Waals surface area contributed by atoms with Crippen LogP contribution in [0.15, 0.2) is 72.8 Å². The van der Waals surface area contributed by atoms with Crippen molar-refractivity contribution in [3.63, 3.8) is 0 Å². The van der Waals surface area contributed by atoms with Gasteiger partial charge in [0.15, 0.2) is 5.78 Å². The zero-order chi connectivity index (χ0) is 23.1. The van der Waals surface area contributed by atoms with Crippen LogP contribution in [-0.4, -0.2) is 18.9 Å². The van der Waals surface area contributed by atoms with Gasteiger partial charge in [-0.15, -0.1) is 0 Å². The summed E-state index contributed by atoms with van der Waals surface area (Å²) >= 11 is 0. The zero-order valence-corrected chi connectivity index (χ0v) is 19.2. The van der Waals surface area contributed by atoms with Crippen molar-refractivity contribution >= 4 is 11.8 Å². The molecule has 0 aliphatic carbocycles. The molecule has 0 fully saturated rings. The Labute approximate surface area is 190 Å². The van der Waals surface area contributed by atoms with Gasteiger partial charge in [-0.25, -0.2) is 0 Å². The first-order valence-electron chi connectivity index (χ1n) is 10.8. The number of aryl methyl sites for hydroxylation is 1. The number of ketones is 1. The second-order valence-electron chi connectivity index (χ2n) is 8.84. The summed E-state index contributed by atoms with van der Waals surface area (Å²) < 4.78 is 10.8. The minimum absolute atomic E-state index is 0.0692. The van der Waals surface area contributed by atoms with Crippen molar-refractivity contribution in [3.8, 4) is 5.75 Å². The molecule has 0 aliphatic rings. The quantitative estimate of drug-likeness (QED) is 0.330. The molecule has 0 amide bonds. The number of hydrogen-bond acceptors (Lipinski definition) is 4. The lowest BCUT2D eigenvalue weighted by atomic mass is 9.85. The molecule has 0 aliphatic heterocycles. The molecule has 0 spiro atoms. The van der Waals surface area contributed by atoms with Crippen molar-refractivity contribution in [1.82, 2.24) is 0 Å². The van der Waals surface area contributed by atoms with Gasteiger partial charge in [0.2, 0.25) is 0 Å². The molecule has 166 valence electrons. The molecule has 0 bridgehead atoms. The van der Waals surface area contributed by atoms with Gasteiger partial charge in [-0.1, -0.05) is 81.4 Å². The highest BCUT2D eigenvalue weighted by Gasteiger charge is 2.20. The molecular weight excluding hydrogens is 400 g/mol. The van der Waals surface area contributed by atoms with Gasteiger partial charge in [0, 0.05) is 12.0 Å². The van der Waals surface area contributed by atoms with Crippen LogP contribution in [0.3, 0.4) is 0 Å². The Hall–Kier alpha value is -3.40. The lowest BCUT2D eigenvalue weighted by Gasteiger charge is -2.20. The third-order valence-electron chi connectivity index (χ3n) is 5.39. The van der Waals surface area contributed by atoms with Gasteiger partial charge in [-0.2, -0.15) is 0 Å². The van der Waals surface area contributed by atoms with Gasteiger partial charge in [-0.05, 0) is 40.7 Å². The second kappa shape index (κ2) is 10.3. The van der Waals surface area contributed by atoms with Crippen LogP contribution in [0.25, 0.3) is 0 Å². The van der Waals surface area contributed by atoms with E-state index in [2.05, 4.69) is 20.8 Å². The first-order chi connectivity index (χ1) is 15.3. The van der Waals surface area contributed by atoms with Crippen molar-refractivity contribution in [2.45, 2.75) is 45.6 Å². The van der Waals surface area contributed by atoms with E-state index in [0.717, 1.165) is 16.7 Å². The fourth-order valence-corrected chi connectivity index (χ4v) is 3.39. The molecule has 32 heavy (non-hydrogen) atoms. The maximum absolute atomic E-state index is 13.1. The van der Waals surface area contributed by atoms with E-state index in [4.69, 9.17) is 9.47 Å². The van der Waals surface area contributed by atoms with E-state index >= 15 is 0 Å². The molecule has 0 N–H and O–H groups in total. The largest absolute Gasteiger partial charge is 0.496 e. The van der Waals surface area contributed by atoms with Gasteiger partial charge in [0.25, 0.3) is 0 Å². The second-order valence-corrected chi connectivity index (χ2v) is 8.84. The van der Waals surface area contributed by atoms with Crippen molar-refractivity contribution in [2.75, 3.05) is 7.11 Å². The summed E-state index contributed by atoms with van der Waals surface area (Å²) in [5.41, 5.74) is 4.10. The van der Waals surface area contributed by atoms with Gasteiger partial charge in [0.05, 0.1) is 12.7 Å². The highest BCUT2D eigenvalue weighted by molar-refractivity contribution is 6.10. The number of esters is 1. The normalized spacial score (nSPS) is 11.1. The summed E-state index contributed by atoms with van der Waals surface area (Å²) in [6.45, 7) is 6.62. The van der Waals surface area contributed by atoms with Crippen LogP contribution in [0, 0.1) is 0 Å². The van der Waals surface area contributed by atoms with E-state index in [1.54, 1.807) is 19.2 Å². The molecular formula is C28H30O4. The van der Waals surface area contributed by atoms with Crippen LogP contribution in [0.1, 0.15) is 59.8 Å². The summed E-state index contributed by atoms with van der Waals surface area (Å²) in [6.07, 6.45) is 0.854. The van der Waals surface area contributed by atoms with Crippen LogP contribution in [0.2, 0.25) is 0 Å². The summed E-state index contributed by atoms with van der Waals surface area (Å²) in [5, 5.41) is 0. The van der Waals surface area contributed by atoms with Crippen LogP contribution in [0.4, 0.5) is 0 Å². The molecule has 0 saturated carbocycles. The lowest BCUT2D eigenvalue weighted by molar-refractivity contribution is -0.144. The molecule has 4 nitrogen and oxygen atoms in total. The molecule has 0 saturated heterocycles. The molecule has 3 rings (SSSR count). The summed E-state index contributed by atoms with van der Waals surface area (Å²) in [5.74, 6) is 0.243. The molecule has 4 heteroatoms. The van der Waals surface area contributed by atoms with E-state index in [9.17, 15) is 9.59 Å². The Morgan fingerprint density at radius 2 is 1.53 bits per heavy atom. The van der Waals surface area contributed by atoms with Crippen LogP contribution < -0.4 is 4.74 Å². The van der Waals surface area contributed by atoms with E-state index in [-0.39, 0.29) is 23.8 Å². The number of methoxy groups -OCH3 is 1. The summed E-state index contributed by atoms with van der Waals surface area (Å²) in [6, 6.07) is 22.8. The van der Waals surface area contributed by atoms with Crippen molar-refractivity contribution in [2.24, 2.45) is 0 Å². The number of ether oxygens (including phenoxy) is 2. The monoisotopic (exact) mass is 430 g/mol. The van der Waals surface area contributed by atoms with Crippen molar-refractivity contribution in [1.29, 1.82) is 0 Å². The molecule has 0 unspecified atom stereocenters. The van der Waals surface area contributed by atoms with E-state index in [1.807, 2.05) is 60.7 Å². The Morgan fingerprint density at radius 3 is 2.16 bits per heavy atom. The van der Waals surface area contributed by atoms with Crippen molar-refractivity contribution < 1.29 is 19.1 Å². The number of rotatable bonds is 8. The van der Waals surface area contributed by atoms with E-state index < -0.39 is 0 Å². The fraction of sp³-hybridized carbons (Fsp3) is 0.286. The first kappa shape index (κ1) is 23.3. The average molecular weight is 431 g/mol. The van der Waals surface area contributed by atoms with E-state index in [0.29, 0.717) is 29.7 Å². The Bertz CT molecular complexity index is 1060. The minimum Gasteiger partial charge on any atom is -0.496 e. The average Bonchev–Trinajstić information content (AvgIpc) is 2.81. The van der Waals surface area contributed by atoms with Gasteiger partial charge >= 0.3 is 5.97 Å². The maximum atomic E-state index is 13.1. The molecule has 0 atom stereocenters. The minimum atomic E-state index is -0.238. The predicted molar refractivity (Wildman–Crippen MR) is 126 cm³/mol. The molecule has 3 aromatic rings. The van der Waals surface area contributed by atoms with E-state index in [1.165, 1.54) is 0 Å². The summed E-state index contributed by atoms with van der Waals surface area (Å²) in [4.78, 5) is 25.2. The Morgan fingerprint density at radius 1 is 0.844 bits per heavy atom. The van der Waals surface area contributed by atoms with Gasteiger partial charge in [-0.3, -0.25) is 9.59 Å². The number of carbonyl (C=O) groups is 2. The SMILES string of the molecule is COc1ccc(C(C)(C)C)cc1C(=O)c1ccc(CCC(=O)OCc2ccccc2)cc1. The smallest absolute Gasteiger partial charge is 0.306 e. The topological polar surface area (TPSA) is 52.6 Å². The van der Waals surface area contributed by atoms with Crippen LogP contribution >= 0.6 is 0 Å². The molecule has 3 aromatic carbocycles. The molecule has 0 heterocycles. The predicted octanol–water partition coefficient (Wildman–Crippen LogP) is 5.90. The molecule has 0 radical (unpaired) electrons. The van der Waals surface area contributed by atoms with Crippen molar-refractivity contribution in [3.05, 3.63) is 101 Å². The van der Waals surface area contributed by atoms with Gasteiger partial charge < -0.3 is 9.47 Å². The lowest BCUT2D eigenvalue weighted by Crippen LogP contribution is -2.13. The third kappa shape index (κ3) is 6.07. The van der Waals surface area contributed by atoms with Crippen LogP contribution in [0.5, 0.6) is 5.75 Å². The zero-order valence-electron chi connectivity index (χ0n) is 19.2. The number of hydrogen-bond donors (Lipinski definition) is 0.